The van der Waals surface area contributed by atoms with Crippen molar-refractivity contribution in [1.29, 1.82) is 0 Å². The zero-order valence-corrected chi connectivity index (χ0v) is 68.1. The van der Waals surface area contributed by atoms with E-state index in [9.17, 15) is 38.7 Å². The van der Waals surface area contributed by atoms with Crippen molar-refractivity contribution in [2.24, 2.45) is 35.5 Å². The van der Waals surface area contributed by atoms with Crippen LogP contribution >= 0.6 is 0 Å². The molecule has 7 aliphatic carbocycles. The molecule has 0 spiro atoms. The number of hydrogen-bond acceptors (Lipinski definition) is 13. The minimum atomic E-state index is -0.550. The van der Waals surface area contributed by atoms with E-state index in [0.717, 1.165) is 133 Å². The van der Waals surface area contributed by atoms with E-state index in [-0.39, 0.29) is 95.1 Å². The minimum absolute atomic E-state index is 0. The number of aliphatic hydroxyl groups excluding tert-OH is 1. The van der Waals surface area contributed by atoms with Crippen LogP contribution in [-0.4, -0.2) is 62.2 Å². The molecule has 6 fully saturated rings. The van der Waals surface area contributed by atoms with Crippen LogP contribution in [0.25, 0.3) is 27.3 Å². The van der Waals surface area contributed by atoms with Crippen LogP contribution in [0, 0.1) is 35.5 Å². The van der Waals surface area contributed by atoms with Gasteiger partial charge in [-0.15, -0.1) is 0 Å². The number of aliphatic hydroxyl groups is 1. The van der Waals surface area contributed by atoms with Crippen LogP contribution < -0.4 is 75.3 Å². The number of rotatable bonds is 10. The molecule has 15 nitrogen and oxygen atoms in total. The Morgan fingerprint density at radius 3 is 1.41 bits per heavy atom. The molecule has 16 rings (SSSR count). The molecular formula is C88H116N4Na2O11. The largest absolute Gasteiger partial charge is 1.00 e. The van der Waals surface area contributed by atoms with Crippen molar-refractivity contribution in [3.05, 3.63) is 192 Å². The summed E-state index contributed by atoms with van der Waals surface area (Å²) in [6, 6.07) is 36.9. The number of H-pyrrole nitrogens is 1. The second kappa shape index (κ2) is 48.3. The molecule has 0 amide bonds. The molecule has 2 N–H and O–H groups in total. The molecule has 2 aromatic heterocycles. The number of esters is 3. The molecule has 17 heteroatoms. The Hall–Kier alpha value is -6.17. The van der Waals surface area contributed by atoms with E-state index >= 15 is 0 Å². The number of hydrogen-bond donors (Lipinski definition) is 2. The van der Waals surface area contributed by atoms with Crippen LogP contribution in [0.2, 0.25) is 0 Å². The molecule has 105 heavy (non-hydrogen) atoms. The number of carbonyl (C=O) groups is 5. The maximum absolute atomic E-state index is 12.6. The van der Waals surface area contributed by atoms with Gasteiger partial charge in [0.1, 0.15) is 18.7 Å². The van der Waals surface area contributed by atoms with Gasteiger partial charge >= 0.3 is 77.0 Å². The SMILES string of the molecule is C1CCC(C2CCCCC2)CC1.CCCC.CCc1nn(CCC2CCCCC2)c(=O)c2ccccc12.C[O-].O=C1C(C2CCCCC2)=C(O)c2ccccc21.O=C1OC(=O)c2ccccc21.O=C1OCc2ccccc21.O=CC1CCCCC1.O=c1[nH]nc(CC2CCCCC2)c2ccccc12.[H-].[Na+].[Na+]. The normalized spacial score (nSPS) is 17.9. The number of ketones is 1. The number of fused-ring (bicyclic) bond motifs is 5. The number of ether oxygens (including phenoxy) is 2. The van der Waals surface area contributed by atoms with Gasteiger partial charge in [0.25, 0.3) is 11.1 Å². The molecule has 2 aliphatic heterocycles. The summed E-state index contributed by atoms with van der Waals surface area (Å²) in [7, 11) is 0.750. The van der Waals surface area contributed by atoms with Crippen molar-refractivity contribution in [1.82, 2.24) is 20.0 Å². The molecule has 4 heterocycles. The van der Waals surface area contributed by atoms with Crippen molar-refractivity contribution in [3.63, 3.8) is 0 Å². The van der Waals surface area contributed by atoms with Crippen molar-refractivity contribution in [2.75, 3.05) is 7.11 Å². The minimum Gasteiger partial charge on any atom is -1.00 e. The standard InChI is InChI=1S/C18H24N2O.C15H18N2O.C15H16O2.C12H22.C8H4O3.C8H6O2.C7H12O.C4H10.CH3O.2Na.H/c1-2-17-15-10-6-7-11-16(15)18(21)20(19-17)13-12-14-8-4-3-5-9-14;18-15-13-9-5-4-8-12(13)14(16-17-15)10-11-6-2-1-3-7-11;16-14-11-8-4-5-9-12(11)15(17)13(14)10-6-2-1-3-7-10;1-3-7-11(8-4-1)12-9-5-2-6-10-12;9-7-5-3-1-2-4-6(5)8(10)11-7;9-8-7-4-2-1-3-6(7)5-10-8;8-6-7-4-2-1-3-5-7;1-3-4-2;1-2;;;/h6-7,10-11,14H,2-5,8-9,12-13H2,1H3;4-5,8-9,11H,1-3,6-7,10H2,(H,17,18);4-5,8-10,16H,1-3,6-7H2;11-12H,1-10H2;1-4H;1-4H,5H2;6-7H,1-5H2;3-4H2,1-2H3;1H3;;;/q;;;;;;;;-1;2*+1;-1. The van der Waals surface area contributed by atoms with Gasteiger partial charge in [0, 0.05) is 45.5 Å². The smallest absolute Gasteiger partial charge is 1.00 e. The molecule has 0 atom stereocenters. The van der Waals surface area contributed by atoms with E-state index in [2.05, 4.69) is 40.8 Å². The Morgan fingerprint density at radius 2 is 0.924 bits per heavy atom. The van der Waals surface area contributed by atoms with Gasteiger partial charge in [-0.1, -0.05) is 292 Å². The monoisotopic (exact) mass is 1450 g/mol. The Bertz CT molecular complexity index is 3920. The number of nitrogens with zero attached hydrogens (tertiary/aromatic N) is 3. The fourth-order valence-corrected chi connectivity index (χ4v) is 16.1. The van der Waals surface area contributed by atoms with Crippen LogP contribution in [0.4, 0.5) is 0 Å². The Morgan fingerprint density at radius 1 is 0.495 bits per heavy atom. The van der Waals surface area contributed by atoms with Crippen LogP contribution in [-0.2, 0) is 40.3 Å². The first-order valence-electron chi connectivity index (χ1n) is 39.4. The Labute approximate surface area is 669 Å². The number of aryl methyl sites for hydroxylation is 2. The number of allylic oxidation sites excluding steroid dienone is 1. The molecule has 9 aliphatic rings. The first-order chi connectivity index (χ1) is 50.4. The van der Waals surface area contributed by atoms with Gasteiger partial charge in [-0.2, -0.15) is 17.3 Å². The summed E-state index contributed by atoms with van der Waals surface area (Å²) in [5.41, 5.74) is 6.56. The van der Waals surface area contributed by atoms with Crippen molar-refractivity contribution in [3.8, 4) is 0 Å². The molecule has 556 valence electrons. The van der Waals surface area contributed by atoms with Crippen LogP contribution in [0.5, 0.6) is 0 Å². The molecular weight excluding hydrogens is 1330 g/mol. The summed E-state index contributed by atoms with van der Waals surface area (Å²) < 4.78 is 10.8. The average molecular weight is 1450 g/mol. The van der Waals surface area contributed by atoms with Gasteiger partial charge in [-0.05, 0) is 105 Å². The van der Waals surface area contributed by atoms with Gasteiger partial charge in [0.05, 0.1) is 38.9 Å². The average Bonchev–Trinajstić information content (AvgIpc) is 1.83. The first-order valence-corrected chi connectivity index (χ1v) is 39.4. The summed E-state index contributed by atoms with van der Waals surface area (Å²) in [4.78, 5) is 79.2. The van der Waals surface area contributed by atoms with E-state index in [1.165, 1.54) is 154 Å². The van der Waals surface area contributed by atoms with Crippen molar-refractivity contribution < 1.29 is 104 Å². The maximum atomic E-state index is 12.6. The number of cyclic esters (lactones) is 3. The van der Waals surface area contributed by atoms with Gasteiger partial charge in [-0.3, -0.25) is 14.4 Å². The molecule has 5 aromatic carbocycles. The number of Topliss-reactive ketones (excluding diaryl/α,β-unsaturated/α-hetero) is 1. The number of aldehydes is 1. The van der Waals surface area contributed by atoms with Gasteiger partial charge in [0.15, 0.2) is 5.78 Å². The molecule has 7 aromatic rings. The number of aromatic nitrogens is 4. The Kier molecular flexibility index (Phi) is 40.3. The Balaban J connectivity index is 0.000000222. The molecule has 0 saturated heterocycles. The number of carbonyl (C=O) groups excluding carboxylic acids is 5. The topological polar surface area (TPSA) is 228 Å². The summed E-state index contributed by atoms with van der Waals surface area (Å²) in [6.45, 7) is 7.67. The second-order valence-electron chi connectivity index (χ2n) is 29.2. The third kappa shape index (κ3) is 26.3. The first kappa shape index (κ1) is 87.7. The van der Waals surface area contributed by atoms with E-state index in [4.69, 9.17) is 9.84 Å². The number of benzene rings is 5. The van der Waals surface area contributed by atoms with Gasteiger partial charge in [-0.25, -0.2) is 24.2 Å². The molecule has 0 unspecified atom stereocenters. The summed E-state index contributed by atoms with van der Waals surface area (Å²) >= 11 is 0. The third-order valence-corrected chi connectivity index (χ3v) is 22.1. The summed E-state index contributed by atoms with van der Waals surface area (Å²) in [6.07, 6.45) is 47.3. The van der Waals surface area contributed by atoms with Gasteiger partial charge < -0.3 is 25.9 Å². The fraction of sp³-hybridized carbons (Fsp3) is 0.534. The second-order valence-corrected chi connectivity index (χ2v) is 29.2. The van der Waals surface area contributed by atoms with Crippen LogP contribution in [0.1, 0.15) is 298 Å². The van der Waals surface area contributed by atoms with E-state index in [1.807, 2.05) is 91.0 Å². The van der Waals surface area contributed by atoms with E-state index in [0.29, 0.717) is 40.4 Å². The fourth-order valence-electron chi connectivity index (χ4n) is 16.1. The third-order valence-electron chi connectivity index (χ3n) is 22.1. The van der Waals surface area contributed by atoms with Gasteiger partial charge in [0.2, 0.25) is 0 Å². The van der Waals surface area contributed by atoms with Crippen molar-refractivity contribution >= 4 is 57.3 Å². The predicted molar refractivity (Wildman–Crippen MR) is 411 cm³/mol. The number of aromatic amines is 1. The maximum Gasteiger partial charge on any atom is 1.00 e. The van der Waals surface area contributed by atoms with E-state index in [1.54, 1.807) is 60.7 Å². The summed E-state index contributed by atoms with van der Waals surface area (Å²) in [5, 5.41) is 33.6. The van der Waals surface area contributed by atoms with Crippen LogP contribution in [0.15, 0.2) is 136 Å². The number of nitrogens with one attached hydrogen (secondary N) is 1. The zero-order chi connectivity index (χ0) is 73.1. The van der Waals surface area contributed by atoms with Crippen molar-refractivity contribution in [2.45, 2.75) is 259 Å². The molecule has 0 radical (unpaired) electrons. The summed E-state index contributed by atoms with van der Waals surface area (Å²) in [5.74, 6) is 3.45. The molecule has 6 saturated carbocycles. The van der Waals surface area contributed by atoms with E-state index < -0.39 is 11.9 Å². The quantitative estimate of drug-likeness (QED) is 0.0563. The zero-order valence-electron chi connectivity index (χ0n) is 65.1. The number of unbranched alkanes of at least 4 members (excludes halogenated alkanes) is 1. The molecule has 0 bridgehead atoms. The predicted octanol–water partition coefficient (Wildman–Crippen LogP) is 13.9. The van der Waals surface area contributed by atoms with Crippen LogP contribution in [0.3, 0.4) is 0 Å².